The number of hydrogen-bond donors (Lipinski definition) is 1. The average Bonchev–Trinajstić information content (AvgIpc) is 3.14. The van der Waals surface area contributed by atoms with Gasteiger partial charge in [-0.05, 0) is 31.9 Å². The van der Waals surface area contributed by atoms with E-state index in [9.17, 15) is 9.18 Å². The normalized spacial score (nSPS) is 19.6. The third kappa shape index (κ3) is 4.11. The van der Waals surface area contributed by atoms with E-state index in [2.05, 4.69) is 15.4 Å². The van der Waals surface area contributed by atoms with Crippen molar-refractivity contribution in [1.82, 2.24) is 15.4 Å². The zero-order valence-electron chi connectivity index (χ0n) is 17.2. The molecule has 0 bridgehead atoms. The van der Waals surface area contributed by atoms with Gasteiger partial charge in [0.15, 0.2) is 0 Å². The quantitative estimate of drug-likeness (QED) is 0.762. The molecule has 1 N–H and O–H groups in total. The maximum Gasteiger partial charge on any atom is 0.257 e. The van der Waals surface area contributed by atoms with Crippen molar-refractivity contribution >= 4 is 17.5 Å². The summed E-state index contributed by atoms with van der Waals surface area (Å²) >= 11 is 6.20. The van der Waals surface area contributed by atoms with Crippen molar-refractivity contribution in [2.75, 3.05) is 32.8 Å². The van der Waals surface area contributed by atoms with Crippen LogP contribution in [0.15, 0.2) is 22.7 Å². The summed E-state index contributed by atoms with van der Waals surface area (Å²) in [5.74, 6) is -0.519. The molecule has 0 radical (unpaired) electrons. The molecule has 0 spiro atoms. The second-order valence-electron chi connectivity index (χ2n) is 8.13. The van der Waals surface area contributed by atoms with Crippen LogP contribution >= 0.6 is 11.6 Å². The van der Waals surface area contributed by atoms with Crippen LogP contribution in [0.2, 0.25) is 5.02 Å². The van der Waals surface area contributed by atoms with Crippen molar-refractivity contribution in [2.45, 2.75) is 44.6 Å². The number of hydrogen-bond acceptors (Lipinski definition) is 5. The van der Waals surface area contributed by atoms with E-state index < -0.39 is 5.82 Å². The number of benzene rings is 1. The van der Waals surface area contributed by atoms with E-state index in [0.29, 0.717) is 12.3 Å². The van der Waals surface area contributed by atoms with E-state index in [4.69, 9.17) is 20.9 Å². The molecule has 1 aromatic carbocycles. The summed E-state index contributed by atoms with van der Waals surface area (Å²) in [6.45, 7) is 5.36. The van der Waals surface area contributed by atoms with Crippen LogP contribution in [0.4, 0.5) is 4.39 Å². The zero-order valence-corrected chi connectivity index (χ0v) is 17.9. The van der Waals surface area contributed by atoms with Crippen molar-refractivity contribution in [3.05, 3.63) is 40.4 Å². The van der Waals surface area contributed by atoms with Gasteiger partial charge in [0.1, 0.15) is 22.8 Å². The molecule has 0 unspecified atom stereocenters. The molecule has 0 atom stereocenters. The predicted octanol–water partition coefficient (Wildman–Crippen LogP) is 4.21. The SMILES string of the molecule is Cc1onc(-c2c(F)cccc2Cl)c1C(=O)NCC1(N2CCOCC2)CCCCC1. The van der Waals surface area contributed by atoms with Gasteiger partial charge < -0.3 is 14.6 Å². The van der Waals surface area contributed by atoms with Crippen LogP contribution in [-0.2, 0) is 4.74 Å². The number of carbonyl (C=O) groups is 1. The lowest BCUT2D eigenvalue weighted by molar-refractivity contribution is -0.0361. The number of nitrogens with zero attached hydrogens (tertiary/aromatic N) is 2. The van der Waals surface area contributed by atoms with E-state index >= 15 is 0 Å². The summed E-state index contributed by atoms with van der Waals surface area (Å²) in [6.07, 6.45) is 5.61. The molecule has 1 aromatic heterocycles. The molecule has 2 heterocycles. The van der Waals surface area contributed by atoms with Crippen molar-refractivity contribution < 1.29 is 18.4 Å². The molecule has 30 heavy (non-hydrogen) atoms. The van der Waals surface area contributed by atoms with Gasteiger partial charge in [-0.2, -0.15) is 0 Å². The number of morpholine rings is 1. The molecule has 1 saturated carbocycles. The van der Waals surface area contributed by atoms with Crippen molar-refractivity contribution in [3.8, 4) is 11.3 Å². The van der Waals surface area contributed by atoms with Crippen LogP contribution in [0.3, 0.4) is 0 Å². The zero-order chi connectivity index (χ0) is 21.1. The topological polar surface area (TPSA) is 67.6 Å². The highest BCUT2D eigenvalue weighted by Gasteiger charge is 2.39. The molecule has 6 nitrogen and oxygen atoms in total. The van der Waals surface area contributed by atoms with Gasteiger partial charge in [0.25, 0.3) is 5.91 Å². The van der Waals surface area contributed by atoms with Gasteiger partial charge in [-0.1, -0.05) is 42.1 Å². The Bertz CT molecular complexity index is 885. The van der Waals surface area contributed by atoms with Crippen LogP contribution < -0.4 is 5.32 Å². The smallest absolute Gasteiger partial charge is 0.257 e. The molecule has 1 aliphatic carbocycles. The number of nitrogens with one attached hydrogen (secondary N) is 1. The summed E-state index contributed by atoms with van der Waals surface area (Å²) in [6, 6.07) is 4.38. The third-order valence-corrected chi connectivity index (χ3v) is 6.65. The Kier molecular flexibility index (Phi) is 6.41. The molecular formula is C22H27ClFN3O3. The number of ether oxygens (including phenoxy) is 1. The van der Waals surface area contributed by atoms with Gasteiger partial charge in [0.05, 0.1) is 23.8 Å². The lowest BCUT2D eigenvalue weighted by Gasteiger charge is -2.48. The minimum atomic E-state index is -0.540. The molecular weight excluding hydrogens is 409 g/mol. The lowest BCUT2D eigenvalue weighted by atomic mass is 9.79. The number of halogens is 2. The summed E-state index contributed by atoms with van der Waals surface area (Å²) in [5.41, 5.74) is 0.382. The maximum absolute atomic E-state index is 14.5. The lowest BCUT2D eigenvalue weighted by Crippen LogP contribution is -2.59. The number of aryl methyl sites for hydroxylation is 1. The van der Waals surface area contributed by atoms with Gasteiger partial charge >= 0.3 is 0 Å². The fourth-order valence-electron chi connectivity index (χ4n) is 4.72. The van der Waals surface area contributed by atoms with Crippen LogP contribution in [0.5, 0.6) is 0 Å². The number of rotatable bonds is 5. The molecule has 8 heteroatoms. The van der Waals surface area contributed by atoms with Crippen molar-refractivity contribution in [1.29, 1.82) is 0 Å². The van der Waals surface area contributed by atoms with Crippen molar-refractivity contribution in [2.24, 2.45) is 0 Å². The molecule has 2 fully saturated rings. The van der Waals surface area contributed by atoms with Gasteiger partial charge in [-0.3, -0.25) is 9.69 Å². The summed E-state index contributed by atoms with van der Waals surface area (Å²) < 4.78 is 25.2. The Labute approximate surface area is 180 Å². The minimum absolute atomic E-state index is 0.0709. The third-order valence-electron chi connectivity index (χ3n) is 6.33. The highest BCUT2D eigenvalue weighted by Crippen LogP contribution is 2.35. The summed E-state index contributed by atoms with van der Waals surface area (Å²) in [5, 5.41) is 7.23. The second-order valence-corrected chi connectivity index (χ2v) is 8.53. The van der Waals surface area contributed by atoms with E-state index in [1.165, 1.54) is 18.6 Å². The highest BCUT2D eigenvalue weighted by atomic mass is 35.5. The van der Waals surface area contributed by atoms with E-state index in [-0.39, 0.29) is 33.3 Å². The Balaban J connectivity index is 1.57. The fourth-order valence-corrected chi connectivity index (χ4v) is 4.97. The average molecular weight is 436 g/mol. The Morgan fingerprint density at radius 2 is 2.00 bits per heavy atom. The number of aromatic nitrogens is 1. The van der Waals surface area contributed by atoms with Crippen LogP contribution in [-0.4, -0.2) is 54.4 Å². The van der Waals surface area contributed by atoms with Gasteiger partial charge in [0, 0.05) is 25.2 Å². The molecule has 4 rings (SSSR count). The van der Waals surface area contributed by atoms with Crippen LogP contribution in [0.1, 0.15) is 48.2 Å². The molecule has 1 amide bonds. The standard InChI is InChI=1S/C22H27ClFN3O3/c1-15-18(20(26-30-15)19-16(23)6-5-7-17(19)24)21(28)25-14-22(8-3-2-4-9-22)27-10-12-29-13-11-27/h5-7H,2-4,8-14H2,1H3,(H,25,28). The number of carbonyl (C=O) groups excluding carboxylic acids is 1. The predicted molar refractivity (Wildman–Crippen MR) is 112 cm³/mol. The van der Waals surface area contributed by atoms with Gasteiger partial charge in [0.2, 0.25) is 0 Å². The minimum Gasteiger partial charge on any atom is -0.379 e. The molecule has 1 aliphatic heterocycles. The van der Waals surface area contributed by atoms with Gasteiger partial charge in [-0.15, -0.1) is 0 Å². The summed E-state index contributed by atoms with van der Waals surface area (Å²) in [7, 11) is 0. The first-order chi connectivity index (χ1) is 14.5. The number of amides is 1. The van der Waals surface area contributed by atoms with E-state index in [1.807, 2.05) is 0 Å². The van der Waals surface area contributed by atoms with Gasteiger partial charge in [-0.25, -0.2) is 4.39 Å². The fraction of sp³-hybridized carbons (Fsp3) is 0.545. The molecule has 2 aromatic rings. The molecule has 1 saturated heterocycles. The first-order valence-electron chi connectivity index (χ1n) is 10.5. The Morgan fingerprint density at radius 3 is 2.70 bits per heavy atom. The largest absolute Gasteiger partial charge is 0.379 e. The molecule has 162 valence electrons. The van der Waals surface area contributed by atoms with E-state index in [0.717, 1.165) is 52.0 Å². The highest BCUT2D eigenvalue weighted by molar-refractivity contribution is 6.33. The molecule has 2 aliphatic rings. The van der Waals surface area contributed by atoms with E-state index in [1.54, 1.807) is 13.0 Å². The first-order valence-corrected chi connectivity index (χ1v) is 10.9. The van der Waals surface area contributed by atoms with Crippen LogP contribution in [0.25, 0.3) is 11.3 Å². The second kappa shape index (κ2) is 9.04. The first kappa shape index (κ1) is 21.3. The summed E-state index contributed by atoms with van der Waals surface area (Å²) in [4.78, 5) is 15.7. The monoisotopic (exact) mass is 435 g/mol. The maximum atomic E-state index is 14.5. The van der Waals surface area contributed by atoms with Crippen molar-refractivity contribution in [3.63, 3.8) is 0 Å². The Hall–Kier alpha value is -1.96. The Morgan fingerprint density at radius 1 is 1.27 bits per heavy atom. The van der Waals surface area contributed by atoms with Crippen LogP contribution in [0, 0.1) is 12.7 Å².